The number of carbonyl (C=O) groups is 2. The monoisotopic (exact) mass is 465 g/mol. The number of halogens is 1. The van der Waals surface area contributed by atoms with E-state index in [1.54, 1.807) is 0 Å². The van der Waals surface area contributed by atoms with E-state index < -0.39 is 0 Å². The van der Waals surface area contributed by atoms with Gasteiger partial charge in [-0.05, 0) is 66.1 Å². The minimum Gasteiger partial charge on any atom is -0.361 e. The molecule has 2 aromatic carbocycles. The lowest BCUT2D eigenvalue weighted by Gasteiger charge is -1.98. The second-order valence-electron chi connectivity index (χ2n) is 8.39. The number of hydrogen-bond donors (Lipinski definition) is 1. The highest BCUT2D eigenvalue weighted by Gasteiger charge is 2.08. The quantitative estimate of drug-likeness (QED) is 0.342. The second kappa shape index (κ2) is 14.5. The van der Waals surface area contributed by atoms with Crippen molar-refractivity contribution < 1.29 is 9.59 Å². The van der Waals surface area contributed by atoms with Crippen LogP contribution in [-0.2, 0) is 22.4 Å². The number of benzene rings is 2. The molecule has 0 saturated carbocycles. The standard InChI is InChI=1S/C14H17NO.C10H10.C5H9ClO/c1-2-3-6-12(16)9-11-10-15-14-8-5-4-7-13(11)14;1-8-6-7-9-4-2-3-5-10(8)9;1-2-3-4-5(6)7/h4-5,7-8,10,15H,2-3,6,9H2,1H3;2-6H,7H2,1H3;2-4H2,1H3. The summed E-state index contributed by atoms with van der Waals surface area (Å²) in [5.74, 6) is 0.339. The number of rotatable bonds is 8. The lowest BCUT2D eigenvalue weighted by molar-refractivity contribution is -0.118. The van der Waals surface area contributed by atoms with Gasteiger partial charge in [0.25, 0.3) is 0 Å². The lowest BCUT2D eigenvalue weighted by Crippen LogP contribution is -2.01. The minimum absolute atomic E-state index is 0.221. The number of fused-ring (bicyclic) bond motifs is 2. The molecule has 1 aliphatic rings. The molecule has 33 heavy (non-hydrogen) atoms. The van der Waals surface area contributed by atoms with E-state index >= 15 is 0 Å². The van der Waals surface area contributed by atoms with Crippen molar-refractivity contribution in [3.8, 4) is 0 Å². The molecule has 0 fully saturated rings. The number of aromatic nitrogens is 1. The van der Waals surface area contributed by atoms with E-state index in [1.807, 2.05) is 31.3 Å². The van der Waals surface area contributed by atoms with E-state index in [0.717, 1.165) is 43.2 Å². The maximum atomic E-state index is 11.7. The summed E-state index contributed by atoms with van der Waals surface area (Å²) in [4.78, 5) is 24.9. The van der Waals surface area contributed by atoms with Crippen molar-refractivity contribution in [2.45, 2.75) is 72.1 Å². The van der Waals surface area contributed by atoms with E-state index in [0.29, 0.717) is 25.0 Å². The maximum Gasteiger partial charge on any atom is 0.221 e. The summed E-state index contributed by atoms with van der Waals surface area (Å²) < 4.78 is 0. The fourth-order valence-corrected chi connectivity index (χ4v) is 3.86. The van der Waals surface area contributed by atoms with Crippen molar-refractivity contribution in [2.75, 3.05) is 0 Å². The summed E-state index contributed by atoms with van der Waals surface area (Å²) in [6, 6.07) is 16.7. The molecule has 1 N–H and O–H groups in total. The predicted molar refractivity (Wildman–Crippen MR) is 141 cm³/mol. The molecule has 176 valence electrons. The molecule has 3 nitrogen and oxygen atoms in total. The van der Waals surface area contributed by atoms with Crippen LogP contribution in [-0.4, -0.2) is 16.0 Å². The molecule has 1 aliphatic carbocycles. The number of nitrogens with one attached hydrogen (secondary N) is 1. The average molecular weight is 466 g/mol. The Hall–Kier alpha value is -2.65. The van der Waals surface area contributed by atoms with Gasteiger partial charge in [-0.1, -0.05) is 75.2 Å². The summed E-state index contributed by atoms with van der Waals surface area (Å²) in [5, 5.41) is 0.953. The molecule has 0 aliphatic heterocycles. The van der Waals surface area contributed by atoms with E-state index in [1.165, 1.54) is 22.1 Å². The number of aromatic amines is 1. The number of para-hydroxylation sites is 1. The van der Waals surface area contributed by atoms with Crippen molar-refractivity contribution in [3.63, 3.8) is 0 Å². The summed E-state index contributed by atoms with van der Waals surface area (Å²) in [6.45, 7) is 6.31. The number of carbonyl (C=O) groups excluding carboxylic acids is 2. The maximum absolute atomic E-state index is 11.7. The summed E-state index contributed by atoms with van der Waals surface area (Å²) in [5.41, 5.74) is 6.57. The number of Topliss-reactive ketones (excluding diaryl/α,β-unsaturated/α-hetero) is 1. The van der Waals surface area contributed by atoms with Gasteiger partial charge in [0.1, 0.15) is 5.78 Å². The first-order valence-corrected chi connectivity index (χ1v) is 12.3. The Labute approximate surface area is 203 Å². The Morgan fingerprint density at radius 2 is 1.61 bits per heavy atom. The van der Waals surface area contributed by atoms with Crippen LogP contribution < -0.4 is 0 Å². The van der Waals surface area contributed by atoms with Crippen molar-refractivity contribution in [1.82, 2.24) is 4.98 Å². The Balaban J connectivity index is 0.000000194. The molecule has 4 heteroatoms. The SMILES string of the molecule is CC1=CCc2ccccc21.CCCCC(=O)Cc1c[nH]c2ccccc12.CCCCC(=O)Cl. The van der Waals surface area contributed by atoms with E-state index in [4.69, 9.17) is 11.6 Å². The Morgan fingerprint density at radius 3 is 2.27 bits per heavy atom. The normalized spacial score (nSPS) is 11.6. The Bertz CT molecular complexity index is 1060. The molecule has 1 heterocycles. The van der Waals surface area contributed by atoms with Crippen LogP contribution in [0, 0.1) is 0 Å². The molecular weight excluding hydrogens is 430 g/mol. The van der Waals surface area contributed by atoms with Crippen molar-refractivity contribution >= 4 is 39.1 Å². The van der Waals surface area contributed by atoms with Crippen LogP contribution in [0.4, 0.5) is 0 Å². The highest BCUT2D eigenvalue weighted by atomic mass is 35.5. The smallest absolute Gasteiger partial charge is 0.221 e. The van der Waals surface area contributed by atoms with Gasteiger partial charge in [0.15, 0.2) is 0 Å². The number of H-pyrrole nitrogens is 1. The van der Waals surface area contributed by atoms with E-state index in [2.05, 4.69) is 55.2 Å². The van der Waals surface area contributed by atoms with Gasteiger partial charge in [0, 0.05) is 36.4 Å². The molecule has 3 aromatic rings. The molecule has 0 unspecified atom stereocenters. The third-order valence-corrected chi connectivity index (χ3v) is 5.86. The third-order valence-electron chi connectivity index (χ3n) is 5.67. The third kappa shape index (κ3) is 9.01. The predicted octanol–water partition coefficient (Wildman–Crippen LogP) is 8.06. The molecule has 0 saturated heterocycles. The first kappa shape index (κ1) is 26.6. The fourth-order valence-electron chi connectivity index (χ4n) is 3.72. The molecule has 0 bridgehead atoms. The highest BCUT2D eigenvalue weighted by Crippen LogP contribution is 2.25. The first-order valence-electron chi connectivity index (χ1n) is 12.0. The van der Waals surface area contributed by atoms with Crippen molar-refractivity contribution in [3.05, 3.63) is 77.5 Å². The van der Waals surface area contributed by atoms with Crippen molar-refractivity contribution in [1.29, 1.82) is 0 Å². The molecule has 0 radical (unpaired) electrons. The van der Waals surface area contributed by atoms with Crippen LogP contribution in [0.1, 0.15) is 76.0 Å². The number of hydrogen-bond acceptors (Lipinski definition) is 2. The zero-order chi connectivity index (χ0) is 24.1. The van der Waals surface area contributed by atoms with Gasteiger partial charge in [0.2, 0.25) is 5.24 Å². The van der Waals surface area contributed by atoms with E-state index in [9.17, 15) is 9.59 Å². The average Bonchev–Trinajstić information content (AvgIpc) is 3.41. The topological polar surface area (TPSA) is 49.9 Å². The minimum atomic E-state index is -0.221. The summed E-state index contributed by atoms with van der Waals surface area (Å²) >= 11 is 5.02. The summed E-state index contributed by atoms with van der Waals surface area (Å²) in [7, 11) is 0. The number of unbranched alkanes of at least 4 members (excludes halogenated alkanes) is 2. The Morgan fingerprint density at radius 1 is 0.939 bits per heavy atom. The highest BCUT2D eigenvalue weighted by molar-refractivity contribution is 6.63. The molecule has 0 amide bonds. The Kier molecular flexibility index (Phi) is 11.7. The van der Waals surface area contributed by atoms with E-state index in [-0.39, 0.29) is 5.24 Å². The summed E-state index contributed by atoms with van der Waals surface area (Å²) in [6.07, 6.45) is 11.2. The first-order chi connectivity index (χ1) is 16.0. The number of ketones is 1. The van der Waals surface area contributed by atoms with Crippen LogP contribution in [0.25, 0.3) is 16.5 Å². The zero-order valence-corrected chi connectivity index (χ0v) is 20.9. The van der Waals surface area contributed by atoms with Crippen LogP contribution in [0.2, 0.25) is 0 Å². The van der Waals surface area contributed by atoms with Crippen LogP contribution >= 0.6 is 11.6 Å². The van der Waals surface area contributed by atoms with Crippen LogP contribution in [0.3, 0.4) is 0 Å². The molecular formula is C29H36ClNO2. The largest absolute Gasteiger partial charge is 0.361 e. The van der Waals surface area contributed by atoms with Crippen molar-refractivity contribution in [2.24, 2.45) is 0 Å². The second-order valence-corrected chi connectivity index (χ2v) is 8.81. The molecule has 1 aromatic heterocycles. The van der Waals surface area contributed by atoms with Gasteiger partial charge >= 0.3 is 0 Å². The van der Waals surface area contributed by atoms with Gasteiger partial charge < -0.3 is 4.98 Å². The molecule has 0 atom stereocenters. The van der Waals surface area contributed by atoms with Gasteiger partial charge in [-0.2, -0.15) is 0 Å². The van der Waals surface area contributed by atoms with Gasteiger partial charge in [-0.15, -0.1) is 0 Å². The van der Waals surface area contributed by atoms with Crippen LogP contribution in [0.15, 0.2) is 60.8 Å². The lowest BCUT2D eigenvalue weighted by atomic mass is 10.0. The molecule has 0 spiro atoms. The van der Waals surface area contributed by atoms with Crippen LogP contribution in [0.5, 0.6) is 0 Å². The van der Waals surface area contributed by atoms with Gasteiger partial charge in [-0.3, -0.25) is 9.59 Å². The molecule has 4 rings (SSSR count). The number of allylic oxidation sites excluding steroid dienone is 2. The zero-order valence-electron chi connectivity index (χ0n) is 20.1. The fraction of sp³-hybridized carbons (Fsp3) is 0.379. The van der Waals surface area contributed by atoms with Gasteiger partial charge in [0.05, 0.1) is 0 Å². The van der Waals surface area contributed by atoms with Gasteiger partial charge in [-0.25, -0.2) is 0 Å².